The van der Waals surface area contributed by atoms with Crippen molar-refractivity contribution < 1.29 is 17.6 Å². The lowest BCUT2D eigenvalue weighted by atomic mass is 10.2. The fourth-order valence-corrected chi connectivity index (χ4v) is 3.24. The molecule has 0 heterocycles. The van der Waals surface area contributed by atoms with Gasteiger partial charge in [0, 0.05) is 19.6 Å². The van der Waals surface area contributed by atoms with Gasteiger partial charge < -0.3 is 10.2 Å². The van der Waals surface area contributed by atoms with Crippen LogP contribution in [0.5, 0.6) is 0 Å². The molecule has 0 spiro atoms. The minimum Gasteiger partial charge on any atom is -0.351 e. The van der Waals surface area contributed by atoms with Gasteiger partial charge in [-0.25, -0.2) is 17.1 Å². The number of benzene rings is 1. The Balaban J connectivity index is 2.60. The molecular formula is C15H23ClFN3O3S. The average Bonchev–Trinajstić information content (AvgIpc) is 2.44. The van der Waals surface area contributed by atoms with Crippen molar-refractivity contribution in [2.45, 2.75) is 6.42 Å². The molecule has 0 radical (unpaired) electrons. The molecule has 0 atom stereocenters. The number of hydrogen-bond donors (Lipinski definition) is 1. The zero-order chi connectivity index (χ0) is 18.3. The Morgan fingerprint density at radius 2 is 1.92 bits per heavy atom. The quantitative estimate of drug-likeness (QED) is 0.704. The summed E-state index contributed by atoms with van der Waals surface area (Å²) in [5.41, 5.74) is -0.238. The van der Waals surface area contributed by atoms with Gasteiger partial charge in [0.2, 0.25) is 10.0 Å². The molecule has 136 valence electrons. The molecule has 24 heavy (non-hydrogen) atoms. The Labute approximate surface area is 147 Å². The van der Waals surface area contributed by atoms with E-state index in [4.69, 9.17) is 11.6 Å². The second kappa shape index (κ2) is 9.31. The van der Waals surface area contributed by atoms with Crippen molar-refractivity contribution in [1.82, 2.24) is 14.5 Å². The molecular weight excluding hydrogens is 357 g/mol. The summed E-state index contributed by atoms with van der Waals surface area (Å²) in [6.07, 6.45) is 1.80. The highest BCUT2D eigenvalue weighted by Crippen LogP contribution is 2.18. The number of nitrogens with zero attached hydrogens (tertiary/aromatic N) is 2. The maximum Gasteiger partial charge on any atom is 0.255 e. The Hall–Kier alpha value is -1.22. The van der Waals surface area contributed by atoms with Gasteiger partial charge in [-0.2, -0.15) is 0 Å². The van der Waals surface area contributed by atoms with Gasteiger partial charge in [-0.05, 0) is 39.2 Å². The van der Waals surface area contributed by atoms with Crippen molar-refractivity contribution in [2.75, 3.05) is 46.5 Å². The average molecular weight is 380 g/mol. The molecule has 1 amide bonds. The van der Waals surface area contributed by atoms with E-state index in [1.54, 1.807) is 0 Å². The molecule has 0 aliphatic rings. The van der Waals surface area contributed by atoms with Crippen LogP contribution < -0.4 is 5.32 Å². The summed E-state index contributed by atoms with van der Waals surface area (Å²) in [7, 11) is 0.433. The predicted molar refractivity (Wildman–Crippen MR) is 93.3 cm³/mol. The molecule has 9 heteroatoms. The number of carbonyl (C=O) groups excluding carboxylic acids is 1. The lowest BCUT2D eigenvalue weighted by Crippen LogP contribution is -2.39. The second-order valence-electron chi connectivity index (χ2n) is 5.67. The molecule has 0 saturated carbocycles. The Morgan fingerprint density at radius 1 is 1.25 bits per heavy atom. The molecule has 1 aromatic carbocycles. The minimum atomic E-state index is -3.38. The van der Waals surface area contributed by atoms with Crippen LogP contribution in [-0.2, 0) is 10.0 Å². The zero-order valence-corrected chi connectivity index (χ0v) is 15.6. The van der Waals surface area contributed by atoms with E-state index in [2.05, 4.69) is 5.32 Å². The van der Waals surface area contributed by atoms with Gasteiger partial charge in [-0.15, -0.1) is 0 Å². The highest BCUT2D eigenvalue weighted by atomic mass is 35.5. The highest BCUT2D eigenvalue weighted by Gasteiger charge is 2.18. The van der Waals surface area contributed by atoms with Crippen molar-refractivity contribution in [2.24, 2.45) is 0 Å². The maximum absolute atomic E-state index is 13.7. The minimum absolute atomic E-state index is 0.0125. The first-order chi connectivity index (χ1) is 11.1. The van der Waals surface area contributed by atoms with E-state index in [9.17, 15) is 17.6 Å². The van der Waals surface area contributed by atoms with Crippen molar-refractivity contribution in [1.29, 1.82) is 0 Å². The first kappa shape index (κ1) is 20.8. The summed E-state index contributed by atoms with van der Waals surface area (Å²) in [4.78, 5) is 14.0. The van der Waals surface area contributed by atoms with Crippen LogP contribution >= 0.6 is 11.6 Å². The van der Waals surface area contributed by atoms with Gasteiger partial charge in [0.1, 0.15) is 5.82 Å². The number of sulfonamides is 1. The van der Waals surface area contributed by atoms with E-state index in [-0.39, 0.29) is 23.7 Å². The number of halogens is 2. The van der Waals surface area contributed by atoms with Crippen LogP contribution in [0.4, 0.5) is 4.39 Å². The molecule has 0 aliphatic heterocycles. The molecule has 0 saturated heterocycles. The van der Waals surface area contributed by atoms with Crippen LogP contribution in [0.1, 0.15) is 16.8 Å². The Kier molecular flexibility index (Phi) is 8.08. The van der Waals surface area contributed by atoms with Crippen molar-refractivity contribution in [3.63, 3.8) is 0 Å². The molecule has 1 rings (SSSR count). The van der Waals surface area contributed by atoms with Gasteiger partial charge in [-0.3, -0.25) is 4.79 Å². The summed E-state index contributed by atoms with van der Waals surface area (Å²) in [6, 6.07) is 3.97. The van der Waals surface area contributed by atoms with Gasteiger partial charge in [-0.1, -0.05) is 17.7 Å². The van der Waals surface area contributed by atoms with Crippen LogP contribution in [0.3, 0.4) is 0 Å². The van der Waals surface area contributed by atoms with E-state index in [1.165, 1.54) is 16.4 Å². The molecule has 0 fully saturated rings. The summed E-state index contributed by atoms with van der Waals surface area (Å²) >= 11 is 5.82. The second-order valence-corrected chi connectivity index (χ2v) is 8.06. The van der Waals surface area contributed by atoms with Crippen LogP contribution in [0.2, 0.25) is 5.02 Å². The fraction of sp³-hybridized carbons (Fsp3) is 0.533. The molecule has 0 aromatic heterocycles. The number of rotatable bonds is 9. The van der Waals surface area contributed by atoms with Gasteiger partial charge in [0.05, 0.1) is 16.8 Å². The SMILES string of the molecule is CN(C)CCCN(CCNC(=O)c1c(F)cccc1Cl)S(C)(=O)=O. The molecule has 0 aliphatic carbocycles. The normalized spacial score (nSPS) is 12.0. The Bertz CT molecular complexity index is 648. The standard InChI is InChI=1S/C15H23ClFN3O3S/c1-19(2)9-5-10-20(24(3,22)23)11-8-18-15(21)14-12(16)6-4-7-13(14)17/h4,6-7H,5,8-11H2,1-3H3,(H,18,21). The third-order valence-electron chi connectivity index (χ3n) is 3.32. The lowest BCUT2D eigenvalue weighted by molar-refractivity contribution is 0.0947. The third kappa shape index (κ3) is 6.72. The van der Waals surface area contributed by atoms with Crippen LogP contribution in [0.15, 0.2) is 18.2 Å². The topological polar surface area (TPSA) is 69.7 Å². The van der Waals surface area contributed by atoms with E-state index in [0.29, 0.717) is 13.0 Å². The lowest BCUT2D eigenvalue weighted by Gasteiger charge is -2.21. The number of hydrogen-bond acceptors (Lipinski definition) is 4. The number of nitrogens with one attached hydrogen (secondary N) is 1. The number of carbonyl (C=O) groups is 1. The van der Waals surface area contributed by atoms with E-state index < -0.39 is 21.7 Å². The highest BCUT2D eigenvalue weighted by molar-refractivity contribution is 7.88. The smallest absolute Gasteiger partial charge is 0.255 e. The van der Waals surface area contributed by atoms with Gasteiger partial charge >= 0.3 is 0 Å². The summed E-state index contributed by atoms with van der Waals surface area (Å²) in [6.45, 7) is 1.29. The monoisotopic (exact) mass is 379 g/mol. The first-order valence-corrected chi connectivity index (χ1v) is 9.67. The van der Waals surface area contributed by atoms with Crippen molar-refractivity contribution in [3.05, 3.63) is 34.6 Å². The van der Waals surface area contributed by atoms with E-state index in [0.717, 1.165) is 18.9 Å². The number of amides is 1. The largest absolute Gasteiger partial charge is 0.351 e. The van der Waals surface area contributed by atoms with E-state index >= 15 is 0 Å². The van der Waals surface area contributed by atoms with Crippen LogP contribution in [0, 0.1) is 5.82 Å². The zero-order valence-electron chi connectivity index (χ0n) is 14.1. The van der Waals surface area contributed by atoms with E-state index in [1.807, 2.05) is 19.0 Å². The van der Waals surface area contributed by atoms with Gasteiger partial charge in [0.15, 0.2) is 0 Å². The van der Waals surface area contributed by atoms with Crippen LogP contribution in [-0.4, -0.2) is 70.1 Å². The summed E-state index contributed by atoms with van der Waals surface area (Å²) < 4.78 is 38.5. The van der Waals surface area contributed by atoms with Crippen molar-refractivity contribution in [3.8, 4) is 0 Å². The first-order valence-electron chi connectivity index (χ1n) is 7.45. The predicted octanol–water partition coefficient (Wildman–Crippen LogP) is 1.42. The fourth-order valence-electron chi connectivity index (χ4n) is 2.10. The summed E-state index contributed by atoms with van der Waals surface area (Å²) in [5.74, 6) is -1.38. The Morgan fingerprint density at radius 3 is 2.46 bits per heavy atom. The molecule has 1 N–H and O–H groups in total. The third-order valence-corrected chi connectivity index (χ3v) is 4.94. The maximum atomic E-state index is 13.7. The molecule has 1 aromatic rings. The van der Waals surface area contributed by atoms with Gasteiger partial charge in [0.25, 0.3) is 5.91 Å². The van der Waals surface area contributed by atoms with Crippen molar-refractivity contribution >= 4 is 27.5 Å². The summed E-state index contributed by atoms with van der Waals surface area (Å²) in [5, 5.41) is 2.51. The molecule has 0 bridgehead atoms. The van der Waals surface area contributed by atoms with Crippen LogP contribution in [0.25, 0.3) is 0 Å². The molecule has 6 nitrogen and oxygen atoms in total. The molecule has 0 unspecified atom stereocenters.